The normalized spacial score (nSPS) is 30.9. The van der Waals surface area contributed by atoms with E-state index >= 15 is 0 Å². The van der Waals surface area contributed by atoms with Gasteiger partial charge in [-0.05, 0) is 62.6 Å². The molecule has 3 atom stereocenters. The zero-order valence-electron chi connectivity index (χ0n) is 11.9. The summed E-state index contributed by atoms with van der Waals surface area (Å²) in [6.45, 7) is 4.37. The van der Waals surface area contributed by atoms with Gasteiger partial charge in [0.1, 0.15) is 0 Å². The lowest BCUT2D eigenvalue weighted by Gasteiger charge is -2.30. The zero-order chi connectivity index (χ0) is 13.1. The van der Waals surface area contributed by atoms with Crippen molar-refractivity contribution in [1.82, 2.24) is 5.32 Å². The summed E-state index contributed by atoms with van der Waals surface area (Å²) < 4.78 is 6.00. The molecule has 0 radical (unpaired) electrons. The van der Waals surface area contributed by atoms with Crippen molar-refractivity contribution in [3.63, 3.8) is 0 Å². The maximum atomic E-state index is 6.00. The molecule has 2 nitrogen and oxygen atoms in total. The molecule has 0 amide bonds. The lowest BCUT2D eigenvalue weighted by atomic mass is 9.88. The van der Waals surface area contributed by atoms with Crippen LogP contribution in [0.15, 0.2) is 24.3 Å². The minimum absolute atomic E-state index is 0.337. The van der Waals surface area contributed by atoms with Crippen molar-refractivity contribution in [3.8, 4) is 0 Å². The number of nitrogens with one attached hydrogen (secondary N) is 1. The van der Waals surface area contributed by atoms with E-state index in [9.17, 15) is 0 Å². The Hall–Kier alpha value is -0.860. The number of piperidine rings is 1. The number of hydrogen-bond donors (Lipinski definition) is 1. The second-order valence-corrected chi connectivity index (χ2v) is 6.14. The third-order valence-corrected chi connectivity index (χ3v) is 4.69. The van der Waals surface area contributed by atoms with Crippen LogP contribution in [0.1, 0.15) is 49.8 Å². The first-order valence-electron chi connectivity index (χ1n) is 7.75. The summed E-state index contributed by atoms with van der Waals surface area (Å²) >= 11 is 0. The van der Waals surface area contributed by atoms with Crippen molar-refractivity contribution in [1.29, 1.82) is 0 Å². The molecule has 1 aromatic rings. The number of ether oxygens (including phenoxy) is 1. The SMILES string of the molecule is CC1CCC(CCC2OCCc3ccccc32)CN1. The monoisotopic (exact) mass is 259 g/mol. The van der Waals surface area contributed by atoms with E-state index in [1.54, 1.807) is 0 Å². The van der Waals surface area contributed by atoms with Gasteiger partial charge >= 0.3 is 0 Å². The minimum Gasteiger partial charge on any atom is -0.373 e. The van der Waals surface area contributed by atoms with Crippen LogP contribution in [0.4, 0.5) is 0 Å². The fourth-order valence-corrected chi connectivity index (χ4v) is 3.41. The first-order valence-corrected chi connectivity index (χ1v) is 7.75. The quantitative estimate of drug-likeness (QED) is 0.897. The largest absolute Gasteiger partial charge is 0.373 e. The first-order chi connectivity index (χ1) is 9.33. The van der Waals surface area contributed by atoms with Gasteiger partial charge in [0.25, 0.3) is 0 Å². The van der Waals surface area contributed by atoms with E-state index in [1.807, 2.05) is 0 Å². The Morgan fingerprint density at radius 2 is 2.11 bits per heavy atom. The second kappa shape index (κ2) is 6.06. The molecule has 1 fully saturated rings. The van der Waals surface area contributed by atoms with Gasteiger partial charge in [-0.2, -0.15) is 0 Å². The van der Waals surface area contributed by atoms with Crippen molar-refractivity contribution < 1.29 is 4.74 Å². The molecule has 104 valence electrons. The van der Waals surface area contributed by atoms with Crippen LogP contribution in [0.3, 0.4) is 0 Å². The van der Waals surface area contributed by atoms with Gasteiger partial charge in [-0.1, -0.05) is 24.3 Å². The van der Waals surface area contributed by atoms with Gasteiger partial charge in [-0.25, -0.2) is 0 Å². The summed E-state index contributed by atoms with van der Waals surface area (Å²) in [6.07, 6.45) is 6.59. The van der Waals surface area contributed by atoms with Crippen LogP contribution >= 0.6 is 0 Å². The minimum atomic E-state index is 0.337. The maximum absolute atomic E-state index is 6.00. The highest BCUT2D eigenvalue weighted by Gasteiger charge is 2.23. The number of hydrogen-bond acceptors (Lipinski definition) is 2. The maximum Gasteiger partial charge on any atom is 0.0827 e. The van der Waals surface area contributed by atoms with Gasteiger partial charge in [0.2, 0.25) is 0 Å². The highest BCUT2D eigenvalue weighted by Crippen LogP contribution is 2.32. The van der Waals surface area contributed by atoms with Crippen molar-refractivity contribution in [2.45, 2.75) is 51.2 Å². The predicted octanol–water partition coefficient (Wildman–Crippen LogP) is 3.47. The van der Waals surface area contributed by atoms with Gasteiger partial charge in [0.15, 0.2) is 0 Å². The third kappa shape index (κ3) is 3.18. The van der Waals surface area contributed by atoms with Crippen LogP contribution in [0, 0.1) is 5.92 Å². The Labute approximate surface area is 116 Å². The van der Waals surface area contributed by atoms with E-state index < -0.39 is 0 Å². The Morgan fingerprint density at radius 3 is 2.95 bits per heavy atom. The van der Waals surface area contributed by atoms with Gasteiger partial charge in [-0.3, -0.25) is 0 Å². The average Bonchev–Trinajstić information content (AvgIpc) is 2.47. The Kier molecular flexibility index (Phi) is 4.19. The van der Waals surface area contributed by atoms with Gasteiger partial charge < -0.3 is 10.1 Å². The predicted molar refractivity (Wildman–Crippen MR) is 78.3 cm³/mol. The van der Waals surface area contributed by atoms with E-state index in [0.29, 0.717) is 12.1 Å². The Bertz CT molecular complexity index is 409. The Morgan fingerprint density at radius 1 is 1.21 bits per heavy atom. The summed E-state index contributed by atoms with van der Waals surface area (Å²) in [6, 6.07) is 9.51. The van der Waals surface area contributed by atoms with Crippen molar-refractivity contribution in [2.24, 2.45) is 5.92 Å². The molecule has 1 aromatic carbocycles. The lowest BCUT2D eigenvalue weighted by molar-refractivity contribution is 0.0311. The highest BCUT2D eigenvalue weighted by molar-refractivity contribution is 5.30. The highest BCUT2D eigenvalue weighted by atomic mass is 16.5. The molecule has 0 saturated carbocycles. The molecule has 3 rings (SSSR count). The third-order valence-electron chi connectivity index (χ3n) is 4.69. The van der Waals surface area contributed by atoms with E-state index in [2.05, 4.69) is 36.5 Å². The van der Waals surface area contributed by atoms with E-state index in [4.69, 9.17) is 4.74 Å². The van der Waals surface area contributed by atoms with E-state index in [0.717, 1.165) is 18.9 Å². The van der Waals surface area contributed by atoms with Crippen molar-refractivity contribution >= 4 is 0 Å². The molecule has 0 spiro atoms. The molecular formula is C17H25NO. The summed E-state index contributed by atoms with van der Waals surface area (Å²) in [5, 5.41) is 3.60. The molecule has 2 heterocycles. The van der Waals surface area contributed by atoms with E-state index in [-0.39, 0.29) is 0 Å². The number of fused-ring (bicyclic) bond motifs is 1. The van der Waals surface area contributed by atoms with Crippen LogP contribution in [0.2, 0.25) is 0 Å². The molecule has 1 saturated heterocycles. The average molecular weight is 259 g/mol. The van der Waals surface area contributed by atoms with Crippen molar-refractivity contribution in [3.05, 3.63) is 35.4 Å². The fraction of sp³-hybridized carbons (Fsp3) is 0.647. The topological polar surface area (TPSA) is 21.3 Å². The molecule has 2 aliphatic rings. The summed E-state index contributed by atoms with van der Waals surface area (Å²) in [5.41, 5.74) is 2.93. The zero-order valence-corrected chi connectivity index (χ0v) is 11.9. The van der Waals surface area contributed by atoms with Crippen LogP contribution in [0.25, 0.3) is 0 Å². The van der Waals surface area contributed by atoms with Gasteiger partial charge in [0.05, 0.1) is 12.7 Å². The van der Waals surface area contributed by atoms with Crippen LogP contribution in [0.5, 0.6) is 0 Å². The Balaban J connectivity index is 1.56. The summed E-state index contributed by atoms with van der Waals surface area (Å²) in [5.74, 6) is 0.842. The van der Waals surface area contributed by atoms with Crippen molar-refractivity contribution in [2.75, 3.05) is 13.2 Å². The summed E-state index contributed by atoms with van der Waals surface area (Å²) in [4.78, 5) is 0. The fourth-order valence-electron chi connectivity index (χ4n) is 3.41. The van der Waals surface area contributed by atoms with Gasteiger partial charge in [0, 0.05) is 6.04 Å². The summed E-state index contributed by atoms with van der Waals surface area (Å²) in [7, 11) is 0. The molecule has 0 aliphatic carbocycles. The second-order valence-electron chi connectivity index (χ2n) is 6.14. The molecule has 0 bridgehead atoms. The lowest BCUT2D eigenvalue weighted by Crippen LogP contribution is -2.37. The molecular weight excluding hydrogens is 234 g/mol. The van der Waals surface area contributed by atoms with Crippen LogP contribution in [-0.4, -0.2) is 19.2 Å². The standard InChI is InChI=1S/C17H25NO/c1-13-6-7-14(12-18-13)8-9-17-16-5-3-2-4-15(16)10-11-19-17/h2-5,13-14,17-18H,6-12H2,1H3. The first kappa shape index (κ1) is 13.1. The molecule has 3 unspecified atom stereocenters. The molecule has 0 aromatic heterocycles. The van der Waals surface area contributed by atoms with E-state index in [1.165, 1.54) is 43.4 Å². The van der Waals surface area contributed by atoms with Crippen LogP contribution in [-0.2, 0) is 11.2 Å². The molecule has 19 heavy (non-hydrogen) atoms. The molecule has 2 aliphatic heterocycles. The van der Waals surface area contributed by atoms with Crippen LogP contribution < -0.4 is 5.32 Å². The number of benzene rings is 1. The molecule has 1 N–H and O–H groups in total. The smallest absolute Gasteiger partial charge is 0.0827 e. The molecule has 2 heteroatoms. The number of rotatable bonds is 3. The van der Waals surface area contributed by atoms with Gasteiger partial charge in [-0.15, -0.1) is 0 Å².